The van der Waals surface area contributed by atoms with Gasteiger partial charge in [0.15, 0.2) is 0 Å². The van der Waals surface area contributed by atoms with E-state index in [1.54, 1.807) is 0 Å². The minimum atomic E-state index is 0.311. The summed E-state index contributed by atoms with van der Waals surface area (Å²) in [5.41, 5.74) is 9.59. The molecule has 2 heteroatoms. The Morgan fingerprint density at radius 1 is 1.20 bits per heavy atom. The summed E-state index contributed by atoms with van der Waals surface area (Å²) in [5.74, 6) is 0. The van der Waals surface area contributed by atoms with Crippen LogP contribution in [0.5, 0.6) is 0 Å². The monoisotopic (exact) mass is 274 g/mol. The van der Waals surface area contributed by atoms with E-state index in [0.717, 1.165) is 19.4 Å². The third kappa shape index (κ3) is 4.52. The van der Waals surface area contributed by atoms with E-state index in [1.807, 2.05) is 0 Å². The minimum Gasteiger partial charge on any atom is -0.371 e. The van der Waals surface area contributed by atoms with E-state index in [0.29, 0.717) is 11.5 Å². The number of nitrogens with zero attached hydrogens (tertiary/aromatic N) is 1. The second-order valence-corrected chi connectivity index (χ2v) is 7.39. The van der Waals surface area contributed by atoms with Crippen LogP contribution in [-0.2, 0) is 6.42 Å². The van der Waals surface area contributed by atoms with E-state index < -0.39 is 0 Å². The molecule has 1 atom stereocenters. The lowest BCUT2D eigenvalue weighted by molar-refractivity contribution is 0.331. The lowest BCUT2D eigenvalue weighted by Gasteiger charge is -2.28. The second kappa shape index (κ2) is 6.62. The SMILES string of the molecule is CC(C)(C)CC(N)CCN1CCCCc2ccccc21. The van der Waals surface area contributed by atoms with Crippen molar-refractivity contribution in [1.29, 1.82) is 0 Å². The summed E-state index contributed by atoms with van der Waals surface area (Å²) < 4.78 is 0. The van der Waals surface area contributed by atoms with E-state index in [9.17, 15) is 0 Å². The molecule has 0 spiro atoms. The Balaban J connectivity index is 1.96. The van der Waals surface area contributed by atoms with Crippen molar-refractivity contribution < 1.29 is 0 Å². The topological polar surface area (TPSA) is 29.3 Å². The maximum absolute atomic E-state index is 6.31. The number of anilines is 1. The van der Waals surface area contributed by atoms with Crippen LogP contribution in [0.2, 0.25) is 0 Å². The lowest BCUT2D eigenvalue weighted by atomic mass is 9.87. The van der Waals surface area contributed by atoms with Crippen molar-refractivity contribution in [3.05, 3.63) is 29.8 Å². The highest BCUT2D eigenvalue weighted by atomic mass is 15.1. The number of benzene rings is 1. The van der Waals surface area contributed by atoms with Crippen molar-refractivity contribution in [1.82, 2.24) is 0 Å². The fourth-order valence-corrected chi connectivity index (χ4v) is 3.21. The summed E-state index contributed by atoms with van der Waals surface area (Å²) in [6.45, 7) is 9.09. The van der Waals surface area contributed by atoms with Gasteiger partial charge in [-0.3, -0.25) is 0 Å². The zero-order chi connectivity index (χ0) is 14.6. The van der Waals surface area contributed by atoms with Crippen molar-refractivity contribution in [2.75, 3.05) is 18.0 Å². The molecule has 0 saturated carbocycles. The highest BCUT2D eigenvalue weighted by Gasteiger charge is 2.18. The fraction of sp³-hybridized carbons (Fsp3) is 0.667. The van der Waals surface area contributed by atoms with Gasteiger partial charge in [0.1, 0.15) is 0 Å². The first-order chi connectivity index (χ1) is 9.46. The van der Waals surface area contributed by atoms with Gasteiger partial charge in [-0.25, -0.2) is 0 Å². The van der Waals surface area contributed by atoms with Crippen molar-refractivity contribution >= 4 is 5.69 Å². The molecule has 2 N–H and O–H groups in total. The van der Waals surface area contributed by atoms with Crippen LogP contribution in [0.15, 0.2) is 24.3 Å². The largest absolute Gasteiger partial charge is 0.371 e. The van der Waals surface area contributed by atoms with Gasteiger partial charge >= 0.3 is 0 Å². The molecule has 2 nitrogen and oxygen atoms in total. The van der Waals surface area contributed by atoms with Crippen LogP contribution >= 0.6 is 0 Å². The quantitative estimate of drug-likeness (QED) is 0.899. The van der Waals surface area contributed by atoms with Gasteiger partial charge in [0.05, 0.1) is 0 Å². The first-order valence-electron chi connectivity index (χ1n) is 8.04. The third-order valence-corrected chi connectivity index (χ3v) is 4.10. The smallest absolute Gasteiger partial charge is 0.0398 e. The summed E-state index contributed by atoms with van der Waals surface area (Å²) in [7, 11) is 0. The zero-order valence-corrected chi connectivity index (χ0v) is 13.4. The number of aryl methyl sites for hydroxylation is 1. The molecule has 0 aliphatic carbocycles. The highest BCUT2D eigenvalue weighted by Crippen LogP contribution is 2.27. The molecule has 0 saturated heterocycles. The Kier molecular flexibility index (Phi) is 5.09. The molecule has 0 amide bonds. The Labute approximate surface area is 124 Å². The molecule has 1 unspecified atom stereocenters. The van der Waals surface area contributed by atoms with Crippen LogP contribution in [0.25, 0.3) is 0 Å². The van der Waals surface area contributed by atoms with E-state index in [2.05, 4.69) is 49.9 Å². The van der Waals surface area contributed by atoms with E-state index in [4.69, 9.17) is 5.73 Å². The first-order valence-corrected chi connectivity index (χ1v) is 8.04. The molecular formula is C18H30N2. The van der Waals surface area contributed by atoms with E-state index >= 15 is 0 Å². The standard InChI is InChI=1S/C18H30N2/c1-18(2,3)14-16(19)11-13-20-12-7-6-9-15-8-4-5-10-17(15)20/h4-5,8,10,16H,6-7,9,11-14,19H2,1-3H3. The average Bonchev–Trinajstić information content (AvgIpc) is 2.56. The predicted octanol–water partition coefficient (Wildman–Crippen LogP) is 3.98. The molecule has 0 aromatic heterocycles. The summed E-state index contributed by atoms with van der Waals surface area (Å²) in [6, 6.07) is 9.18. The summed E-state index contributed by atoms with van der Waals surface area (Å²) in [6.07, 6.45) is 6.01. The maximum Gasteiger partial charge on any atom is 0.0398 e. The molecule has 2 rings (SSSR count). The predicted molar refractivity (Wildman–Crippen MR) is 88.3 cm³/mol. The Morgan fingerprint density at radius 2 is 1.95 bits per heavy atom. The van der Waals surface area contributed by atoms with Crippen LogP contribution in [0, 0.1) is 5.41 Å². The van der Waals surface area contributed by atoms with Gasteiger partial charge in [-0.1, -0.05) is 39.0 Å². The summed E-state index contributed by atoms with van der Waals surface area (Å²) >= 11 is 0. The average molecular weight is 274 g/mol. The Morgan fingerprint density at radius 3 is 2.70 bits per heavy atom. The normalized spacial score (nSPS) is 17.5. The molecule has 0 bridgehead atoms. The van der Waals surface area contributed by atoms with Crippen LogP contribution < -0.4 is 10.6 Å². The first kappa shape index (κ1) is 15.4. The van der Waals surface area contributed by atoms with Crippen LogP contribution in [0.4, 0.5) is 5.69 Å². The van der Waals surface area contributed by atoms with Gasteiger partial charge < -0.3 is 10.6 Å². The van der Waals surface area contributed by atoms with E-state index in [1.165, 1.54) is 37.1 Å². The van der Waals surface area contributed by atoms with Gasteiger partial charge in [0, 0.05) is 24.8 Å². The van der Waals surface area contributed by atoms with Crippen molar-refractivity contribution in [3.8, 4) is 0 Å². The number of rotatable bonds is 4. The minimum absolute atomic E-state index is 0.311. The van der Waals surface area contributed by atoms with Crippen molar-refractivity contribution in [3.63, 3.8) is 0 Å². The second-order valence-electron chi connectivity index (χ2n) is 7.39. The van der Waals surface area contributed by atoms with Gasteiger partial charge in [-0.15, -0.1) is 0 Å². The van der Waals surface area contributed by atoms with Crippen LogP contribution in [0.1, 0.15) is 52.0 Å². The lowest BCUT2D eigenvalue weighted by Crippen LogP contribution is -2.33. The summed E-state index contributed by atoms with van der Waals surface area (Å²) in [5, 5.41) is 0. The molecule has 1 aliphatic heterocycles. The summed E-state index contributed by atoms with van der Waals surface area (Å²) in [4.78, 5) is 2.55. The number of fused-ring (bicyclic) bond motifs is 1. The molecule has 20 heavy (non-hydrogen) atoms. The molecular weight excluding hydrogens is 244 g/mol. The molecule has 1 aromatic carbocycles. The highest BCUT2D eigenvalue weighted by molar-refractivity contribution is 5.54. The molecule has 1 heterocycles. The number of para-hydroxylation sites is 1. The van der Waals surface area contributed by atoms with Gasteiger partial charge in [-0.05, 0) is 49.1 Å². The van der Waals surface area contributed by atoms with Crippen molar-refractivity contribution in [2.24, 2.45) is 11.1 Å². The maximum atomic E-state index is 6.31. The van der Waals surface area contributed by atoms with Crippen LogP contribution in [0.3, 0.4) is 0 Å². The van der Waals surface area contributed by atoms with Gasteiger partial charge in [0.2, 0.25) is 0 Å². The Bertz CT molecular complexity index is 420. The van der Waals surface area contributed by atoms with Gasteiger partial charge in [0.25, 0.3) is 0 Å². The molecule has 0 radical (unpaired) electrons. The number of nitrogens with two attached hydrogens (primary N) is 1. The molecule has 112 valence electrons. The molecule has 1 aliphatic rings. The third-order valence-electron chi connectivity index (χ3n) is 4.10. The molecule has 1 aromatic rings. The number of hydrogen-bond donors (Lipinski definition) is 1. The van der Waals surface area contributed by atoms with Crippen LogP contribution in [-0.4, -0.2) is 19.1 Å². The Hall–Kier alpha value is -1.02. The fourth-order valence-electron chi connectivity index (χ4n) is 3.21. The van der Waals surface area contributed by atoms with E-state index in [-0.39, 0.29) is 0 Å². The number of hydrogen-bond acceptors (Lipinski definition) is 2. The van der Waals surface area contributed by atoms with Crippen molar-refractivity contribution in [2.45, 2.75) is 58.9 Å². The zero-order valence-electron chi connectivity index (χ0n) is 13.4. The molecule has 0 fully saturated rings. The van der Waals surface area contributed by atoms with Gasteiger partial charge in [-0.2, -0.15) is 0 Å².